The van der Waals surface area contributed by atoms with E-state index in [1.54, 1.807) is 17.3 Å². The summed E-state index contributed by atoms with van der Waals surface area (Å²) in [5.74, 6) is 0.678. The molecule has 22 heavy (non-hydrogen) atoms. The number of amides is 1. The third kappa shape index (κ3) is 3.26. The maximum Gasteiger partial charge on any atom is 0.244 e. The molecule has 2 aromatic rings. The van der Waals surface area contributed by atoms with E-state index in [1.165, 1.54) is 0 Å². The van der Waals surface area contributed by atoms with Gasteiger partial charge in [0.15, 0.2) is 0 Å². The van der Waals surface area contributed by atoms with Gasteiger partial charge < -0.3 is 15.4 Å². The van der Waals surface area contributed by atoms with Crippen molar-refractivity contribution in [3.63, 3.8) is 0 Å². The molecule has 1 aliphatic rings. The zero-order valence-electron chi connectivity index (χ0n) is 12.3. The Kier molecular flexibility index (Phi) is 4.34. The van der Waals surface area contributed by atoms with Gasteiger partial charge in [-0.2, -0.15) is 0 Å². The first-order chi connectivity index (χ1) is 10.7. The molecule has 1 aromatic carbocycles. The first-order valence-electron chi connectivity index (χ1n) is 7.40. The minimum absolute atomic E-state index is 0.00359. The molecule has 1 fully saturated rings. The van der Waals surface area contributed by atoms with Crippen LogP contribution in [-0.2, 0) is 4.79 Å². The second kappa shape index (κ2) is 6.58. The molecule has 2 N–H and O–H groups in total. The van der Waals surface area contributed by atoms with E-state index < -0.39 is 6.04 Å². The van der Waals surface area contributed by atoms with Gasteiger partial charge >= 0.3 is 0 Å². The second-order valence-electron chi connectivity index (χ2n) is 5.39. The van der Waals surface area contributed by atoms with Crippen molar-refractivity contribution in [2.24, 2.45) is 5.73 Å². The lowest BCUT2D eigenvalue weighted by atomic mass is 10.1. The summed E-state index contributed by atoms with van der Waals surface area (Å²) in [5, 5.41) is 0. The number of benzene rings is 1. The van der Waals surface area contributed by atoms with Crippen LogP contribution in [0.5, 0.6) is 5.75 Å². The Bertz CT molecular complexity index is 618. The summed E-state index contributed by atoms with van der Waals surface area (Å²) in [6, 6.07) is 12.5. The normalized spacial score (nSPS) is 19.0. The first kappa shape index (κ1) is 14.5. The lowest BCUT2D eigenvalue weighted by Crippen LogP contribution is -2.38. The van der Waals surface area contributed by atoms with Gasteiger partial charge in [-0.05, 0) is 17.7 Å². The number of rotatable bonds is 4. The number of aromatic nitrogens is 1. The van der Waals surface area contributed by atoms with Gasteiger partial charge in [0.05, 0.1) is 12.7 Å². The van der Waals surface area contributed by atoms with Crippen molar-refractivity contribution >= 4 is 5.91 Å². The van der Waals surface area contributed by atoms with E-state index in [4.69, 9.17) is 10.5 Å². The average Bonchev–Trinajstić information content (AvgIpc) is 3.04. The molecule has 0 unspecified atom stereocenters. The predicted octanol–water partition coefficient (Wildman–Crippen LogP) is 1.76. The molecule has 5 nitrogen and oxygen atoms in total. The minimum atomic E-state index is -0.613. The highest BCUT2D eigenvalue weighted by Gasteiger charge is 2.30. The van der Waals surface area contributed by atoms with E-state index in [9.17, 15) is 4.79 Å². The van der Waals surface area contributed by atoms with E-state index in [0.717, 1.165) is 17.7 Å². The summed E-state index contributed by atoms with van der Waals surface area (Å²) in [4.78, 5) is 18.3. The fourth-order valence-electron chi connectivity index (χ4n) is 2.63. The van der Waals surface area contributed by atoms with Crippen molar-refractivity contribution < 1.29 is 9.53 Å². The van der Waals surface area contributed by atoms with Crippen molar-refractivity contribution in [3.8, 4) is 5.75 Å². The standard InChI is InChI=1S/C17H19N3O2/c18-16(13-5-2-1-3-6-13)17(21)20-10-8-15(12-20)22-14-7-4-9-19-11-14/h1-7,9,11,15-16H,8,10,12,18H2/t15-,16+/m1/s1. The van der Waals surface area contributed by atoms with Crippen molar-refractivity contribution in [1.82, 2.24) is 9.88 Å². The summed E-state index contributed by atoms with van der Waals surface area (Å²) >= 11 is 0. The molecule has 2 atom stereocenters. The van der Waals surface area contributed by atoms with Gasteiger partial charge in [0.1, 0.15) is 17.9 Å². The summed E-state index contributed by atoms with van der Waals surface area (Å²) in [5.41, 5.74) is 6.91. The van der Waals surface area contributed by atoms with Gasteiger partial charge in [-0.1, -0.05) is 30.3 Å². The molecule has 0 radical (unpaired) electrons. The van der Waals surface area contributed by atoms with Crippen LogP contribution in [0.3, 0.4) is 0 Å². The van der Waals surface area contributed by atoms with Crippen molar-refractivity contribution in [1.29, 1.82) is 0 Å². The Morgan fingerprint density at radius 3 is 2.82 bits per heavy atom. The number of nitrogens with two attached hydrogens (primary N) is 1. The van der Waals surface area contributed by atoms with Crippen LogP contribution in [0.2, 0.25) is 0 Å². The van der Waals surface area contributed by atoms with Crippen LogP contribution in [-0.4, -0.2) is 35.0 Å². The Morgan fingerprint density at radius 1 is 1.27 bits per heavy atom. The smallest absolute Gasteiger partial charge is 0.244 e. The Labute approximate surface area is 129 Å². The van der Waals surface area contributed by atoms with Crippen LogP contribution >= 0.6 is 0 Å². The number of hydrogen-bond acceptors (Lipinski definition) is 4. The second-order valence-corrected chi connectivity index (χ2v) is 5.39. The number of ether oxygens (including phenoxy) is 1. The fourth-order valence-corrected chi connectivity index (χ4v) is 2.63. The molecule has 114 valence electrons. The zero-order valence-corrected chi connectivity index (χ0v) is 12.3. The van der Waals surface area contributed by atoms with Crippen molar-refractivity contribution in [2.45, 2.75) is 18.6 Å². The molecule has 0 saturated carbocycles. The van der Waals surface area contributed by atoms with Gasteiger partial charge in [-0.15, -0.1) is 0 Å². The Balaban J connectivity index is 1.59. The maximum absolute atomic E-state index is 12.5. The van der Waals surface area contributed by atoms with Crippen LogP contribution in [0.4, 0.5) is 0 Å². The molecule has 0 aliphatic carbocycles. The van der Waals surface area contributed by atoms with Crippen molar-refractivity contribution in [2.75, 3.05) is 13.1 Å². The summed E-state index contributed by atoms with van der Waals surface area (Å²) in [6.45, 7) is 1.23. The van der Waals surface area contributed by atoms with E-state index in [1.807, 2.05) is 42.5 Å². The highest BCUT2D eigenvalue weighted by molar-refractivity contribution is 5.83. The van der Waals surface area contributed by atoms with Gasteiger partial charge in [0.25, 0.3) is 0 Å². The number of carbonyl (C=O) groups excluding carboxylic acids is 1. The van der Waals surface area contributed by atoms with Crippen LogP contribution < -0.4 is 10.5 Å². The number of likely N-dealkylation sites (tertiary alicyclic amines) is 1. The van der Waals surface area contributed by atoms with Gasteiger partial charge in [0, 0.05) is 19.2 Å². The lowest BCUT2D eigenvalue weighted by Gasteiger charge is -2.21. The molecule has 1 aromatic heterocycles. The van der Waals surface area contributed by atoms with Crippen LogP contribution in [0, 0.1) is 0 Å². The zero-order chi connectivity index (χ0) is 15.4. The van der Waals surface area contributed by atoms with Gasteiger partial charge in [0.2, 0.25) is 5.91 Å². The number of hydrogen-bond donors (Lipinski definition) is 1. The van der Waals surface area contributed by atoms with Gasteiger partial charge in [-0.25, -0.2) is 0 Å². The number of pyridine rings is 1. The third-order valence-electron chi connectivity index (χ3n) is 3.82. The molecular formula is C17H19N3O2. The molecule has 0 bridgehead atoms. The monoisotopic (exact) mass is 297 g/mol. The van der Waals surface area contributed by atoms with E-state index in [0.29, 0.717) is 13.1 Å². The maximum atomic E-state index is 12.5. The largest absolute Gasteiger partial charge is 0.487 e. The molecule has 1 amide bonds. The highest BCUT2D eigenvalue weighted by Crippen LogP contribution is 2.20. The summed E-state index contributed by atoms with van der Waals surface area (Å²) in [6.07, 6.45) is 4.19. The molecular weight excluding hydrogens is 278 g/mol. The van der Waals surface area contributed by atoms with Crippen LogP contribution in [0.1, 0.15) is 18.0 Å². The fraction of sp³-hybridized carbons (Fsp3) is 0.294. The SMILES string of the molecule is N[C@H](C(=O)N1CC[C@@H](Oc2cccnc2)C1)c1ccccc1. The van der Waals surface area contributed by atoms with Gasteiger partial charge in [-0.3, -0.25) is 9.78 Å². The quantitative estimate of drug-likeness (QED) is 0.933. The molecule has 2 heterocycles. The topological polar surface area (TPSA) is 68.5 Å². The molecule has 5 heteroatoms. The van der Waals surface area contributed by atoms with E-state index in [-0.39, 0.29) is 12.0 Å². The summed E-state index contributed by atoms with van der Waals surface area (Å²) < 4.78 is 5.84. The number of carbonyl (C=O) groups is 1. The van der Waals surface area contributed by atoms with E-state index in [2.05, 4.69) is 4.98 Å². The number of nitrogens with zero attached hydrogens (tertiary/aromatic N) is 2. The molecule has 1 saturated heterocycles. The molecule has 3 rings (SSSR count). The highest BCUT2D eigenvalue weighted by atomic mass is 16.5. The first-order valence-corrected chi connectivity index (χ1v) is 7.40. The lowest BCUT2D eigenvalue weighted by molar-refractivity contribution is -0.131. The minimum Gasteiger partial charge on any atom is -0.487 e. The van der Waals surface area contributed by atoms with Crippen molar-refractivity contribution in [3.05, 3.63) is 60.4 Å². The predicted molar refractivity (Wildman–Crippen MR) is 83.2 cm³/mol. The van der Waals surface area contributed by atoms with Crippen LogP contribution in [0.15, 0.2) is 54.9 Å². The third-order valence-corrected chi connectivity index (χ3v) is 3.82. The summed E-state index contributed by atoms with van der Waals surface area (Å²) in [7, 11) is 0. The Morgan fingerprint density at radius 2 is 2.09 bits per heavy atom. The van der Waals surface area contributed by atoms with E-state index >= 15 is 0 Å². The average molecular weight is 297 g/mol. The molecule has 0 spiro atoms. The van der Waals surface area contributed by atoms with Crippen LogP contribution in [0.25, 0.3) is 0 Å². The Hall–Kier alpha value is -2.40. The molecule has 1 aliphatic heterocycles.